The Kier molecular flexibility index (Phi) is 5.15. The number of nitrogens with zero attached hydrogens (tertiary/aromatic N) is 1. The number of H-pyrrole nitrogens is 1. The summed E-state index contributed by atoms with van der Waals surface area (Å²) >= 11 is 2.74. The van der Waals surface area contributed by atoms with E-state index in [1.165, 1.54) is 6.92 Å². The molecular weight excluding hydrogens is 476 g/mol. The first kappa shape index (κ1) is 21.8. The summed E-state index contributed by atoms with van der Waals surface area (Å²) in [5.41, 5.74) is -5.19. The molecule has 0 aliphatic rings. The van der Waals surface area contributed by atoms with Gasteiger partial charge in [0.25, 0.3) is 0 Å². The van der Waals surface area contributed by atoms with Gasteiger partial charge in [-0.15, -0.1) is 0 Å². The first-order chi connectivity index (χ1) is 13.8. The summed E-state index contributed by atoms with van der Waals surface area (Å²) in [6, 6.07) is 1.27. The summed E-state index contributed by atoms with van der Waals surface area (Å²) in [4.78, 5) is 28.0. The number of phenolic OH excluding ortho intramolecular Hbond substituents is 1. The molecule has 8 nitrogen and oxygen atoms in total. The highest BCUT2D eigenvalue weighted by Crippen LogP contribution is 2.41. The molecule has 1 unspecified atom stereocenters. The molecule has 1 atom stereocenters. The van der Waals surface area contributed by atoms with Crippen molar-refractivity contribution >= 4 is 40.7 Å². The largest absolute Gasteiger partial charge is 0.506 e. The zero-order valence-electron chi connectivity index (χ0n) is 14.9. The topological polar surface area (TPSA) is 135 Å². The van der Waals surface area contributed by atoms with Gasteiger partial charge in [-0.1, -0.05) is 0 Å². The average Bonchev–Trinajstić information content (AvgIpc) is 3.06. The Morgan fingerprint density at radius 1 is 1.20 bits per heavy atom. The normalized spacial score (nSPS) is 13.0. The van der Waals surface area contributed by atoms with E-state index in [2.05, 4.69) is 20.9 Å². The number of fused-ring (bicyclic) bond motifs is 1. The lowest BCUT2D eigenvalue weighted by Gasteiger charge is -2.13. The van der Waals surface area contributed by atoms with Gasteiger partial charge in [-0.2, -0.15) is 13.2 Å². The number of pyridine rings is 1. The molecule has 0 bridgehead atoms. The standard InChI is InChI=1S/C17H11BBrF3N2O6/c1-4(25)9-10(24-15(23-9)8(18)13(28)14(29)16(24)30)11(26)5-2-6(17(20,21)22)12(27)7(19)3-5/h2-4,23,25,27-29H,1H3. The van der Waals surface area contributed by atoms with Gasteiger partial charge in [-0.25, -0.2) is 0 Å². The third-order valence-electron chi connectivity index (χ3n) is 4.36. The number of nitrogens with one attached hydrogen (secondary N) is 1. The molecule has 0 saturated heterocycles. The van der Waals surface area contributed by atoms with Crippen LogP contribution in [0.15, 0.2) is 21.4 Å². The number of imidazole rings is 1. The molecule has 1 aromatic carbocycles. The number of aliphatic hydroxyl groups excluding tert-OH is 1. The molecule has 0 aliphatic heterocycles. The van der Waals surface area contributed by atoms with E-state index in [0.29, 0.717) is 10.5 Å². The van der Waals surface area contributed by atoms with Gasteiger partial charge in [-0.05, 0) is 40.4 Å². The third kappa shape index (κ3) is 3.23. The van der Waals surface area contributed by atoms with E-state index >= 15 is 0 Å². The second-order valence-electron chi connectivity index (χ2n) is 6.34. The predicted octanol–water partition coefficient (Wildman–Crippen LogP) is 1.60. The molecule has 0 spiro atoms. The Hall–Kier alpha value is -2.93. The Labute approximate surface area is 174 Å². The van der Waals surface area contributed by atoms with Crippen LogP contribution in [-0.4, -0.2) is 43.4 Å². The molecule has 0 amide bonds. The highest BCUT2D eigenvalue weighted by atomic mass is 79.9. The summed E-state index contributed by atoms with van der Waals surface area (Å²) in [6.45, 7) is 1.20. The molecule has 0 saturated carbocycles. The summed E-state index contributed by atoms with van der Waals surface area (Å²) in [5.74, 6) is -4.46. The number of carbonyl (C=O) groups is 1. The van der Waals surface area contributed by atoms with Crippen LogP contribution in [0.2, 0.25) is 0 Å². The monoisotopic (exact) mass is 486 g/mol. The van der Waals surface area contributed by atoms with E-state index < -0.39 is 67.6 Å². The van der Waals surface area contributed by atoms with Crippen LogP contribution in [0.4, 0.5) is 13.2 Å². The van der Waals surface area contributed by atoms with Crippen molar-refractivity contribution in [1.29, 1.82) is 0 Å². The van der Waals surface area contributed by atoms with Crippen LogP contribution >= 0.6 is 15.9 Å². The van der Waals surface area contributed by atoms with Crippen LogP contribution < -0.4 is 11.0 Å². The number of halogens is 4. The number of rotatable bonds is 3. The van der Waals surface area contributed by atoms with E-state index in [9.17, 15) is 43.2 Å². The highest BCUT2D eigenvalue weighted by Gasteiger charge is 2.36. The number of carbonyl (C=O) groups excluding carboxylic acids is 1. The number of alkyl halides is 3. The van der Waals surface area contributed by atoms with Crippen LogP contribution in [0, 0.1) is 0 Å². The molecule has 156 valence electrons. The number of aromatic amines is 1. The Bertz CT molecular complexity index is 1270. The first-order valence-corrected chi connectivity index (χ1v) is 8.87. The van der Waals surface area contributed by atoms with Gasteiger partial charge in [0.05, 0.1) is 21.8 Å². The van der Waals surface area contributed by atoms with Gasteiger partial charge in [0.2, 0.25) is 11.5 Å². The van der Waals surface area contributed by atoms with Crippen molar-refractivity contribution in [1.82, 2.24) is 9.38 Å². The molecule has 0 aliphatic carbocycles. The van der Waals surface area contributed by atoms with Crippen LogP contribution in [0.3, 0.4) is 0 Å². The van der Waals surface area contributed by atoms with E-state index in [0.717, 1.165) is 6.07 Å². The van der Waals surface area contributed by atoms with Gasteiger partial charge in [-0.3, -0.25) is 14.0 Å². The first-order valence-electron chi connectivity index (χ1n) is 8.07. The van der Waals surface area contributed by atoms with Crippen molar-refractivity contribution in [2.24, 2.45) is 0 Å². The maximum Gasteiger partial charge on any atom is 0.420 e. The Morgan fingerprint density at radius 2 is 1.80 bits per heavy atom. The molecule has 30 heavy (non-hydrogen) atoms. The fourth-order valence-electron chi connectivity index (χ4n) is 2.92. The maximum atomic E-state index is 13.2. The number of benzene rings is 1. The van der Waals surface area contributed by atoms with E-state index in [-0.39, 0.29) is 11.3 Å². The maximum absolute atomic E-state index is 13.2. The lowest BCUT2D eigenvalue weighted by molar-refractivity contribution is -0.138. The van der Waals surface area contributed by atoms with Gasteiger partial charge in [0.1, 0.15) is 24.9 Å². The van der Waals surface area contributed by atoms with Gasteiger partial charge < -0.3 is 25.4 Å². The fraction of sp³-hybridized carbons (Fsp3) is 0.176. The second-order valence-corrected chi connectivity index (χ2v) is 7.20. The molecule has 0 fully saturated rings. The zero-order chi connectivity index (χ0) is 22.7. The summed E-state index contributed by atoms with van der Waals surface area (Å²) in [6.07, 6.45) is -6.42. The van der Waals surface area contributed by atoms with Gasteiger partial charge in [0.15, 0.2) is 5.75 Å². The second kappa shape index (κ2) is 7.09. The van der Waals surface area contributed by atoms with Crippen molar-refractivity contribution in [2.75, 3.05) is 0 Å². The third-order valence-corrected chi connectivity index (χ3v) is 4.96. The molecule has 13 heteroatoms. The molecule has 2 aromatic heterocycles. The lowest BCUT2D eigenvalue weighted by atomic mass is 9.96. The minimum atomic E-state index is -5.00. The predicted molar refractivity (Wildman–Crippen MR) is 102 cm³/mol. The number of aromatic nitrogens is 2. The summed E-state index contributed by atoms with van der Waals surface area (Å²) in [5, 5.41) is 39.2. The lowest BCUT2D eigenvalue weighted by Crippen LogP contribution is -2.24. The number of ketones is 1. The smallest absolute Gasteiger partial charge is 0.420 e. The van der Waals surface area contributed by atoms with Crippen LogP contribution in [-0.2, 0) is 6.18 Å². The van der Waals surface area contributed by atoms with Crippen molar-refractivity contribution < 1.29 is 38.4 Å². The zero-order valence-corrected chi connectivity index (χ0v) is 16.5. The van der Waals surface area contributed by atoms with E-state index in [4.69, 9.17) is 7.85 Å². The van der Waals surface area contributed by atoms with Crippen LogP contribution in [0.25, 0.3) is 5.65 Å². The van der Waals surface area contributed by atoms with E-state index in [1.807, 2.05) is 0 Å². The number of hydrogen-bond donors (Lipinski definition) is 5. The fourth-order valence-corrected chi connectivity index (χ4v) is 3.38. The van der Waals surface area contributed by atoms with Crippen LogP contribution in [0.5, 0.6) is 17.2 Å². The molecule has 2 heterocycles. The molecule has 3 aromatic rings. The number of phenols is 1. The highest BCUT2D eigenvalue weighted by molar-refractivity contribution is 9.10. The number of aliphatic hydroxyl groups is 1. The SMILES string of the molecule is [B]c1c(O)c(O)c(=O)n2c(C(=O)c3cc(Br)c(O)c(C(F)(F)F)c3)c(C(C)O)[nH]c12. The quantitative estimate of drug-likeness (QED) is 0.282. The Balaban J connectivity index is 2.40. The minimum Gasteiger partial charge on any atom is -0.506 e. The molecule has 5 N–H and O–H groups in total. The van der Waals surface area contributed by atoms with Gasteiger partial charge in [0, 0.05) is 5.56 Å². The van der Waals surface area contributed by atoms with Crippen LogP contribution in [0.1, 0.15) is 40.3 Å². The molecular formula is C17H11BBrF3N2O6. The van der Waals surface area contributed by atoms with Crippen molar-refractivity contribution in [3.63, 3.8) is 0 Å². The van der Waals surface area contributed by atoms with Crippen molar-refractivity contribution in [3.8, 4) is 17.2 Å². The number of hydrogen-bond acceptors (Lipinski definition) is 6. The minimum absolute atomic E-state index is 0.299. The molecule has 3 rings (SSSR count). The molecule has 2 radical (unpaired) electrons. The Morgan fingerprint density at radius 3 is 2.33 bits per heavy atom. The van der Waals surface area contributed by atoms with Gasteiger partial charge >= 0.3 is 11.7 Å². The number of aromatic hydroxyl groups is 3. The summed E-state index contributed by atoms with van der Waals surface area (Å²) in [7, 11) is 5.65. The van der Waals surface area contributed by atoms with Crippen molar-refractivity contribution in [3.05, 3.63) is 49.5 Å². The average molecular weight is 487 g/mol. The van der Waals surface area contributed by atoms with Crippen molar-refractivity contribution in [2.45, 2.75) is 19.2 Å². The summed E-state index contributed by atoms with van der Waals surface area (Å²) < 4.78 is 39.8. The van der Waals surface area contributed by atoms with E-state index in [1.54, 1.807) is 0 Å².